The Kier molecular flexibility index (Phi) is 4.41. The van der Waals surface area contributed by atoms with Crippen molar-refractivity contribution in [3.05, 3.63) is 33.1 Å². The fraction of sp³-hybridized carbons (Fsp3) is 0.300. The number of alkyl halides is 2. The van der Waals surface area contributed by atoms with Gasteiger partial charge in [0, 0.05) is 6.20 Å². The van der Waals surface area contributed by atoms with Crippen LogP contribution in [-0.2, 0) is 16.0 Å². The molecule has 0 aliphatic heterocycles. The molecule has 0 spiro atoms. The van der Waals surface area contributed by atoms with Crippen molar-refractivity contribution in [2.75, 3.05) is 7.11 Å². The van der Waals surface area contributed by atoms with E-state index >= 15 is 0 Å². The Morgan fingerprint density at radius 2 is 2.32 bits per heavy atom. The smallest absolute Gasteiger partial charge is 0.311 e. The standard InChI is InChI=1S/C10H7F2N3O4/c1-19-8(16)2-7-9(15(17)18)5(3-13)6(4-14-7)10(11)12/h4,10H,2H2,1H3. The molecule has 7 nitrogen and oxygen atoms in total. The third kappa shape index (κ3) is 2.98. The summed E-state index contributed by atoms with van der Waals surface area (Å²) < 4.78 is 29.5. The van der Waals surface area contributed by atoms with Crippen LogP contribution >= 0.6 is 0 Å². The first-order valence-corrected chi connectivity index (χ1v) is 4.83. The first-order chi connectivity index (χ1) is 8.92. The molecule has 19 heavy (non-hydrogen) atoms. The van der Waals surface area contributed by atoms with Crippen LogP contribution in [-0.4, -0.2) is 23.0 Å². The summed E-state index contributed by atoms with van der Waals surface area (Å²) in [5.74, 6) is -0.829. The highest BCUT2D eigenvalue weighted by Crippen LogP contribution is 2.30. The Morgan fingerprint density at radius 3 is 2.74 bits per heavy atom. The van der Waals surface area contributed by atoms with Crippen molar-refractivity contribution in [1.29, 1.82) is 5.26 Å². The highest BCUT2D eigenvalue weighted by molar-refractivity contribution is 5.74. The van der Waals surface area contributed by atoms with Crippen LogP contribution in [0.1, 0.15) is 23.2 Å². The molecule has 0 amide bonds. The van der Waals surface area contributed by atoms with E-state index in [-0.39, 0.29) is 0 Å². The third-order valence-corrected chi connectivity index (χ3v) is 2.23. The molecule has 0 bridgehead atoms. The van der Waals surface area contributed by atoms with Crippen LogP contribution < -0.4 is 0 Å². The van der Waals surface area contributed by atoms with E-state index in [9.17, 15) is 23.7 Å². The number of halogens is 2. The maximum Gasteiger partial charge on any atom is 0.311 e. The zero-order chi connectivity index (χ0) is 14.6. The molecule has 0 fully saturated rings. The van der Waals surface area contributed by atoms with Crippen LogP contribution in [0.5, 0.6) is 0 Å². The van der Waals surface area contributed by atoms with Crippen LogP contribution in [0.3, 0.4) is 0 Å². The van der Waals surface area contributed by atoms with E-state index in [1.165, 1.54) is 6.07 Å². The number of carbonyl (C=O) groups is 1. The van der Waals surface area contributed by atoms with Gasteiger partial charge >= 0.3 is 11.7 Å². The third-order valence-electron chi connectivity index (χ3n) is 2.23. The average Bonchev–Trinajstić information content (AvgIpc) is 2.36. The van der Waals surface area contributed by atoms with Gasteiger partial charge in [0.05, 0.1) is 24.0 Å². The van der Waals surface area contributed by atoms with Gasteiger partial charge < -0.3 is 4.74 Å². The zero-order valence-corrected chi connectivity index (χ0v) is 9.59. The number of nitrogens with zero attached hydrogens (tertiary/aromatic N) is 3. The molecule has 9 heteroatoms. The molecule has 0 atom stereocenters. The molecule has 1 aromatic heterocycles. The number of aromatic nitrogens is 1. The van der Waals surface area contributed by atoms with E-state index < -0.39 is 46.2 Å². The minimum Gasteiger partial charge on any atom is -0.469 e. The second-order valence-electron chi connectivity index (χ2n) is 3.31. The lowest BCUT2D eigenvalue weighted by Crippen LogP contribution is -2.11. The molecule has 1 rings (SSSR count). The topological polar surface area (TPSA) is 106 Å². The number of pyridine rings is 1. The molecule has 1 heterocycles. The van der Waals surface area contributed by atoms with Gasteiger partial charge in [-0.15, -0.1) is 0 Å². The van der Waals surface area contributed by atoms with Gasteiger partial charge in [0.2, 0.25) is 0 Å². The molecule has 0 N–H and O–H groups in total. The zero-order valence-electron chi connectivity index (χ0n) is 9.59. The number of ether oxygens (including phenoxy) is 1. The van der Waals surface area contributed by atoms with Crippen molar-refractivity contribution >= 4 is 11.7 Å². The van der Waals surface area contributed by atoms with Crippen LogP contribution in [0.25, 0.3) is 0 Å². The van der Waals surface area contributed by atoms with Crippen LogP contribution in [0, 0.1) is 21.4 Å². The highest BCUT2D eigenvalue weighted by atomic mass is 19.3. The van der Waals surface area contributed by atoms with Crippen molar-refractivity contribution in [2.24, 2.45) is 0 Å². The Morgan fingerprint density at radius 1 is 1.68 bits per heavy atom. The van der Waals surface area contributed by atoms with Crippen molar-refractivity contribution in [3.63, 3.8) is 0 Å². The summed E-state index contributed by atoms with van der Waals surface area (Å²) >= 11 is 0. The lowest BCUT2D eigenvalue weighted by molar-refractivity contribution is -0.386. The summed E-state index contributed by atoms with van der Waals surface area (Å²) in [5, 5.41) is 19.6. The fourth-order valence-corrected chi connectivity index (χ4v) is 1.37. The normalized spacial score (nSPS) is 10.1. The number of nitriles is 1. The van der Waals surface area contributed by atoms with E-state index in [2.05, 4.69) is 9.72 Å². The Hall–Kier alpha value is -2.63. The number of hydrogen-bond acceptors (Lipinski definition) is 6. The predicted molar refractivity (Wildman–Crippen MR) is 56.3 cm³/mol. The predicted octanol–water partition coefficient (Wildman–Crippen LogP) is 1.51. The summed E-state index contributed by atoms with van der Waals surface area (Å²) in [6, 6.07) is 1.34. The summed E-state index contributed by atoms with van der Waals surface area (Å²) in [5.41, 5.74) is -2.93. The van der Waals surface area contributed by atoms with Gasteiger partial charge in [-0.3, -0.25) is 19.9 Å². The fourth-order valence-electron chi connectivity index (χ4n) is 1.37. The average molecular weight is 271 g/mol. The van der Waals surface area contributed by atoms with Gasteiger partial charge in [-0.2, -0.15) is 5.26 Å². The number of hydrogen-bond donors (Lipinski definition) is 0. The van der Waals surface area contributed by atoms with Gasteiger partial charge in [-0.25, -0.2) is 8.78 Å². The molecule has 0 saturated carbocycles. The highest BCUT2D eigenvalue weighted by Gasteiger charge is 2.29. The van der Waals surface area contributed by atoms with Gasteiger partial charge in [0.15, 0.2) is 0 Å². The van der Waals surface area contributed by atoms with Gasteiger partial charge in [0.1, 0.15) is 17.3 Å². The number of carbonyl (C=O) groups excluding carboxylic acids is 1. The molecule has 1 aromatic rings. The Bertz CT molecular complexity index is 569. The molecular formula is C10H7F2N3O4. The molecule has 0 radical (unpaired) electrons. The van der Waals surface area contributed by atoms with Gasteiger partial charge in [-0.1, -0.05) is 0 Å². The first kappa shape index (κ1) is 14.4. The number of nitro groups is 1. The van der Waals surface area contributed by atoms with Crippen molar-refractivity contribution < 1.29 is 23.2 Å². The monoisotopic (exact) mass is 271 g/mol. The summed E-state index contributed by atoms with van der Waals surface area (Å²) in [6.45, 7) is 0. The molecule has 0 saturated heterocycles. The molecule has 0 unspecified atom stereocenters. The molecule has 0 aromatic carbocycles. The summed E-state index contributed by atoms with van der Waals surface area (Å²) in [7, 11) is 1.06. The van der Waals surface area contributed by atoms with E-state index in [1.807, 2.05) is 0 Å². The SMILES string of the molecule is COC(=O)Cc1ncc(C(F)F)c(C#N)c1[N+](=O)[O-]. The molecule has 0 aliphatic rings. The van der Waals surface area contributed by atoms with Crippen LogP contribution in [0.4, 0.5) is 14.5 Å². The van der Waals surface area contributed by atoms with Gasteiger partial charge in [0.25, 0.3) is 6.43 Å². The van der Waals surface area contributed by atoms with Gasteiger partial charge in [-0.05, 0) is 0 Å². The van der Waals surface area contributed by atoms with Crippen molar-refractivity contribution in [3.8, 4) is 6.07 Å². The van der Waals surface area contributed by atoms with E-state index in [4.69, 9.17) is 5.26 Å². The quantitative estimate of drug-likeness (QED) is 0.466. The number of esters is 1. The lowest BCUT2D eigenvalue weighted by Gasteiger charge is -2.06. The number of rotatable bonds is 4. The largest absolute Gasteiger partial charge is 0.469 e. The van der Waals surface area contributed by atoms with E-state index in [0.717, 1.165) is 7.11 Å². The first-order valence-electron chi connectivity index (χ1n) is 4.83. The summed E-state index contributed by atoms with van der Waals surface area (Å²) in [4.78, 5) is 24.3. The van der Waals surface area contributed by atoms with Crippen LogP contribution in [0.15, 0.2) is 6.20 Å². The minimum absolute atomic E-state index is 0.391. The molecule has 100 valence electrons. The minimum atomic E-state index is -3.08. The number of methoxy groups -OCH3 is 1. The van der Waals surface area contributed by atoms with Crippen molar-refractivity contribution in [1.82, 2.24) is 4.98 Å². The Labute approximate surface area is 105 Å². The van der Waals surface area contributed by atoms with E-state index in [1.54, 1.807) is 0 Å². The molecular weight excluding hydrogens is 264 g/mol. The second-order valence-corrected chi connectivity index (χ2v) is 3.31. The molecule has 0 aliphatic carbocycles. The Balaban J connectivity index is 3.47. The second kappa shape index (κ2) is 5.81. The maximum absolute atomic E-state index is 12.6. The van der Waals surface area contributed by atoms with E-state index in [0.29, 0.717) is 6.20 Å². The maximum atomic E-state index is 12.6. The summed E-state index contributed by atoms with van der Waals surface area (Å²) in [6.07, 6.45) is -3.01. The van der Waals surface area contributed by atoms with Crippen molar-refractivity contribution in [2.45, 2.75) is 12.8 Å². The van der Waals surface area contributed by atoms with Crippen LogP contribution in [0.2, 0.25) is 0 Å². The lowest BCUT2D eigenvalue weighted by atomic mass is 10.1.